The van der Waals surface area contributed by atoms with Crippen molar-refractivity contribution in [2.24, 2.45) is 5.92 Å². The smallest absolute Gasteiger partial charge is 0.179 e. The molecule has 1 aromatic heterocycles. The fourth-order valence-corrected chi connectivity index (χ4v) is 3.67. The van der Waals surface area contributed by atoms with E-state index in [9.17, 15) is 4.79 Å². The summed E-state index contributed by atoms with van der Waals surface area (Å²) in [6.45, 7) is 6.06. The summed E-state index contributed by atoms with van der Waals surface area (Å²) >= 11 is 5.76. The minimum Gasteiger partial charge on any atom is -0.453 e. The molecule has 30 heavy (non-hydrogen) atoms. The lowest BCUT2D eigenvalue weighted by Gasteiger charge is -2.13. The summed E-state index contributed by atoms with van der Waals surface area (Å²) in [5.41, 5.74) is 4.70. The number of alkyl halides is 1. The summed E-state index contributed by atoms with van der Waals surface area (Å²) in [4.78, 5) is 16.9. The summed E-state index contributed by atoms with van der Waals surface area (Å²) in [6, 6.07) is 13.0. The second-order valence-corrected chi connectivity index (χ2v) is 8.33. The lowest BCUT2D eigenvalue weighted by Crippen LogP contribution is -2.06. The fraction of sp³-hybridized carbons (Fsp3) is 0.333. The minimum absolute atomic E-state index is 0.0381. The van der Waals surface area contributed by atoms with E-state index in [1.54, 1.807) is 12.1 Å². The fourth-order valence-electron chi connectivity index (χ4n) is 3.54. The maximum Gasteiger partial charge on any atom is 0.179 e. The Labute approximate surface area is 180 Å². The average molecular weight is 424 g/mol. The Hall–Kier alpha value is -2.79. The third-order valence-electron chi connectivity index (χ3n) is 5.13. The molecule has 0 fully saturated rings. The van der Waals surface area contributed by atoms with Crippen LogP contribution in [0.2, 0.25) is 0 Å². The molecule has 4 aromatic rings. The molecular formula is C24H26ClN3O2. The van der Waals surface area contributed by atoms with Crippen LogP contribution in [0.25, 0.3) is 33.0 Å². The highest BCUT2D eigenvalue weighted by molar-refractivity contribution is 6.17. The lowest BCUT2D eigenvalue weighted by molar-refractivity contribution is 0.607. The molecule has 1 heterocycles. The highest BCUT2D eigenvalue weighted by atomic mass is 35.5. The van der Waals surface area contributed by atoms with Crippen LogP contribution in [-0.4, -0.2) is 24.0 Å². The summed E-state index contributed by atoms with van der Waals surface area (Å²) < 4.78 is 6.24. The number of nitrogens with zero attached hydrogens (tertiary/aromatic N) is 1. The van der Waals surface area contributed by atoms with Crippen LogP contribution in [-0.2, 0) is 0 Å². The van der Waals surface area contributed by atoms with Crippen LogP contribution in [0.3, 0.4) is 0 Å². The summed E-state index contributed by atoms with van der Waals surface area (Å²) in [7, 11) is 0. The maximum atomic E-state index is 12.1. The molecule has 0 spiro atoms. The lowest BCUT2D eigenvalue weighted by atomic mass is 10.1. The van der Waals surface area contributed by atoms with Crippen LogP contribution in [0.4, 0.5) is 11.4 Å². The Balaban J connectivity index is 1.83. The molecule has 0 unspecified atom stereocenters. The van der Waals surface area contributed by atoms with Gasteiger partial charge in [-0.3, -0.25) is 4.79 Å². The number of halogens is 1. The quantitative estimate of drug-likeness (QED) is 0.157. The van der Waals surface area contributed by atoms with Crippen molar-refractivity contribution in [3.8, 4) is 0 Å². The maximum absolute atomic E-state index is 12.1. The Morgan fingerprint density at radius 3 is 2.67 bits per heavy atom. The first kappa shape index (κ1) is 20.5. The highest BCUT2D eigenvalue weighted by Gasteiger charge is 2.12. The molecule has 6 heteroatoms. The van der Waals surface area contributed by atoms with Crippen molar-refractivity contribution in [3.05, 3.63) is 52.7 Å². The second kappa shape index (κ2) is 8.92. The van der Waals surface area contributed by atoms with Crippen LogP contribution < -0.4 is 16.1 Å². The molecule has 0 atom stereocenters. The predicted octanol–water partition coefficient (Wildman–Crippen LogP) is 5.99. The molecule has 5 nitrogen and oxygen atoms in total. The van der Waals surface area contributed by atoms with E-state index >= 15 is 0 Å². The van der Waals surface area contributed by atoms with Crippen LogP contribution >= 0.6 is 11.6 Å². The summed E-state index contributed by atoms with van der Waals surface area (Å²) in [5, 5.41) is 8.64. The zero-order valence-electron chi connectivity index (χ0n) is 17.3. The highest BCUT2D eigenvalue weighted by Crippen LogP contribution is 2.32. The number of fused-ring (bicyclic) bond motifs is 4. The molecular weight excluding hydrogens is 398 g/mol. The van der Waals surface area contributed by atoms with Crippen molar-refractivity contribution in [1.29, 1.82) is 0 Å². The molecule has 0 amide bonds. The van der Waals surface area contributed by atoms with Gasteiger partial charge in [0.05, 0.1) is 0 Å². The molecule has 4 rings (SSSR count). The van der Waals surface area contributed by atoms with Crippen molar-refractivity contribution in [3.63, 3.8) is 0 Å². The standard InChI is InChI=1S/C24H26ClN3O2/c1-15(2)8-11-27-21-14-23-24(19-13-17(29)5-6-18(19)21)28-20-7-4-16(12-22(20)30-23)26-10-3-9-25/h4-7,12-15,26-27H,3,8-11H2,1-2H3. The van der Waals surface area contributed by atoms with Gasteiger partial charge >= 0.3 is 0 Å². The molecule has 0 radical (unpaired) electrons. The number of nitrogens with one attached hydrogen (secondary N) is 2. The zero-order chi connectivity index (χ0) is 21.1. The molecule has 0 aliphatic carbocycles. The van der Waals surface area contributed by atoms with E-state index < -0.39 is 0 Å². The molecule has 0 saturated carbocycles. The predicted molar refractivity (Wildman–Crippen MR) is 127 cm³/mol. The van der Waals surface area contributed by atoms with Gasteiger partial charge in [0.15, 0.2) is 16.6 Å². The van der Waals surface area contributed by atoms with Crippen LogP contribution in [0.1, 0.15) is 26.7 Å². The average Bonchev–Trinajstić information content (AvgIpc) is 2.72. The van der Waals surface area contributed by atoms with Gasteiger partial charge in [-0.05, 0) is 49.1 Å². The number of rotatable bonds is 8. The van der Waals surface area contributed by atoms with E-state index in [2.05, 4.69) is 24.5 Å². The first-order valence-electron chi connectivity index (χ1n) is 10.4. The van der Waals surface area contributed by atoms with Crippen molar-refractivity contribution in [1.82, 2.24) is 4.98 Å². The molecule has 0 aliphatic heterocycles. The van der Waals surface area contributed by atoms with Gasteiger partial charge in [0.25, 0.3) is 0 Å². The monoisotopic (exact) mass is 423 g/mol. The van der Waals surface area contributed by atoms with Crippen molar-refractivity contribution < 1.29 is 4.42 Å². The van der Waals surface area contributed by atoms with Gasteiger partial charge in [0.2, 0.25) is 0 Å². The van der Waals surface area contributed by atoms with Gasteiger partial charge in [-0.15, -0.1) is 11.6 Å². The first-order valence-corrected chi connectivity index (χ1v) is 10.9. The van der Waals surface area contributed by atoms with Crippen molar-refractivity contribution >= 4 is 55.9 Å². The molecule has 2 N–H and O–H groups in total. The van der Waals surface area contributed by atoms with Gasteiger partial charge in [-0.25, -0.2) is 4.98 Å². The van der Waals surface area contributed by atoms with E-state index in [1.807, 2.05) is 30.3 Å². The van der Waals surface area contributed by atoms with Crippen molar-refractivity contribution in [2.75, 3.05) is 29.6 Å². The molecule has 3 aromatic carbocycles. The van der Waals surface area contributed by atoms with Crippen molar-refractivity contribution in [2.45, 2.75) is 26.7 Å². The van der Waals surface area contributed by atoms with Crippen LogP contribution in [0, 0.1) is 5.92 Å². The number of hydrogen-bond acceptors (Lipinski definition) is 5. The number of anilines is 2. The Bertz CT molecular complexity index is 1250. The Morgan fingerprint density at radius 2 is 1.87 bits per heavy atom. The zero-order valence-corrected chi connectivity index (χ0v) is 18.1. The van der Waals surface area contributed by atoms with Gasteiger partial charge in [0, 0.05) is 53.2 Å². The third-order valence-corrected chi connectivity index (χ3v) is 5.40. The Morgan fingerprint density at radius 1 is 1.00 bits per heavy atom. The van der Waals surface area contributed by atoms with E-state index in [1.165, 1.54) is 0 Å². The van der Waals surface area contributed by atoms with Crippen LogP contribution in [0.15, 0.2) is 51.7 Å². The molecule has 0 bridgehead atoms. The Kier molecular flexibility index (Phi) is 6.09. The summed E-state index contributed by atoms with van der Waals surface area (Å²) in [6.07, 6.45) is 1.95. The van der Waals surface area contributed by atoms with E-state index in [-0.39, 0.29) is 5.43 Å². The largest absolute Gasteiger partial charge is 0.453 e. The van der Waals surface area contributed by atoms with Gasteiger partial charge in [-0.1, -0.05) is 13.8 Å². The number of hydrogen-bond donors (Lipinski definition) is 2. The molecule has 156 valence electrons. The van der Waals surface area contributed by atoms with Gasteiger partial charge in [0.1, 0.15) is 11.0 Å². The second-order valence-electron chi connectivity index (χ2n) is 7.95. The molecule has 0 aliphatic rings. The SMILES string of the molecule is CC(C)CCNc1cc2oc3cc(NCCCCl)ccc3nc2c2cc(=O)ccc12. The van der Waals surface area contributed by atoms with Gasteiger partial charge < -0.3 is 15.1 Å². The van der Waals surface area contributed by atoms with E-state index in [4.69, 9.17) is 21.0 Å². The van der Waals surface area contributed by atoms with Crippen LogP contribution in [0.5, 0.6) is 0 Å². The number of aromatic nitrogens is 1. The molecule has 0 saturated heterocycles. The first-order chi connectivity index (χ1) is 14.5. The van der Waals surface area contributed by atoms with E-state index in [0.717, 1.165) is 53.6 Å². The number of benzene rings is 3. The normalized spacial score (nSPS) is 11.6. The summed E-state index contributed by atoms with van der Waals surface area (Å²) in [5.74, 6) is 1.23. The third kappa shape index (κ3) is 4.36. The minimum atomic E-state index is -0.0381. The van der Waals surface area contributed by atoms with E-state index in [0.29, 0.717) is 28.5 Å². The van der Waals surface area contributed by atoms with Gasteiger partial charge in [-0.2, -0.15) is 0 Å². The topological polar surface area (TPSA) is 67.2 Å².